The van der Waals surface area contributed by atoms with E-state index >= 15 is 0 Å². The van der Waals surface area contributed by atoms with Crippen molar-refractivity contribution in [1.29, 1.82) is 0 Å². The number of rotatable bonds is 5. The summed E-state index contributed by atoms with van der Waals surface area (Å²) in [5.74, 6) is -0.568. The first-order chi connectivity index (χ1) is 12.9. The Bertz CT molecular complexity index is 1070. The van der Waals surface area contributed by atoms with Gasteiger partial charge in [-0.1, -0.05) is 0 Å². The van der Waals surface area contributed by atoms with Crippen LogP contribution in [0, 0.1) is 0 Å². The zero-order valence-electron chi connectivity index (χ0n) is 14.3. The van der Waals surface area contributed by atoms with Crippen LogP contribution < -0.4 is 5.32 Å². The summed E-state index contributed by atoms with van der Waals surface area (Å²) >= 11 is 1.47. The molecular formula is C17H18N4O4S2. The summed E-state index contributed by atoms with van der Waals surface area (Å²) in [6.07, 6.45) is 5.31. The molecular weight excluding hydrogens is 388 g/mol. The number of hydrogen-bond donors (Lipinski definition) is 2. The van der Waals surface area contributed by atoms with Crippen LogP contribution in [-0.2, 0) is 21.2 Å². The largest absolute Gasteiger partial charge is 0.506 e. The molecule has 2 aromatic heterocycles. The second-order valence-electron chi connectivity index (χ2n) is 6.34. The minimum absolute atomic E-state index is 0.0247. The lowest BCUT2D eigenvalue weighted by Crippen LogP contribution is -2.28. The third-order valence-corrected chi connectivity index (χ3v) is 7.10. The van der Waals surface area contributed by atoms with Crippen LogP contribution in [0.4, 0.5) is 5.69 Å². The highest BCUT2D eigenvalue weighted by atomic mass is 32.2. The molecule has 0 aliphatic carbocycles. The monoisotopic (exact) mass is 406 g/mol. The Morgan fingerprint density at radius 3 is 2.81 bits per heavy atom. The number of anilines is 1. The first kappa shape index (κ1) is 18.0. The van der Waals surface area contributed by atoms with E-state index in [9.17, 15) is 18.3 Å². The highest BCUT2D eigenvalue weighted by molar-refractivity contribution is 7.89. The average molecular weight is 406 g/mol. The lowest BCUT2D eigenvalue weighted by Gasteiger charge is -2.16. The Labute approximate surface area is 160 Å². The second kappa shape index (κ2) is 6.95. The van der Waals surface area contributed by atoms with E-state index in [1.807, 2.05) is 16.0 Å². The van der Waals surface area contributed by atoms with Gasteiger partial charge in [0.25, 0.3) is 0 Å². The van der Waals surface area contributed by atoms with Crippen molar-refractivity contribution >= 4 is 37.9 Å². The molecule has 0 spiro atoms. The first-order valence-electron chi connectivity index (χ1n) is 8.47. The summed E-state index contributed by atoms with van der Waals surface area (Å²) in [7, 11) is -3.63. The van der Waals surface area contributed by atoms with E-state index in [1.165, 1.54) is 33.8 Å². The third kappa shape index (κ3) is 3.55. The Kier molecular flexibility index (Phi) is 4.62. The van der Waals surface area contributed by atoms with Crippen molar-refractivity contribution in [1.82, 2.24) is 13.7 Å². The number of benzene rings is 1. The Hall–Kier alpha value is -2.43. The predicted molar refractivity (Wildman–Crippen MR) is 102 cm³/mol. The number of hydrogen-bond acceptors (Lipinski definition) is 6. The van der Waals surface area contributed by atoms with Crippen molar-refractivity contribution in [3.63, 3.8) is 0 Å². The van der Waals surface area contributed by atoms with Crippen molar-refractivity contribution in [3.8, 4) is 5.75 Å². The second-order valence-corrected chi connectivity index (χ2v) is 9.15. The lowest BCUT2D eigenvalue weighted by molar-refractivity contribution is -0.115. The molecule has 2 N–H and O–H groups in total. The van der Waals surface area contributed by atoms with E-state index in [4.69, 9.17) is 0 Å². The van der Waals surface area contributed by atoms with Crippen molar-refractivity contribution in [2.75, 3.05) is 18.4 Å². The summed E-state index contributed by atoms with van der Waals surface area (Å²) in [6.45, 7) is 0.977. The van der Waals surface area contributed by atoms with E-state index in [2.05, 4.69) is 10.3 Å². The van der Waals surface area contributed by atoms with Crippen molar-refractivity contribution in [3.05, 3.63) is 41.7 Å². The van der Waals surface area contributed by atoms with Gasteiger partial charge >= 0.3 is 0 Å². The molecule has 27 heavy (non-hydrogen) atoms. The van der Waals surface area contributed by atoms with Crippen LogP contribution in [0.25, 0.3) is 4.96 Å². The van der Waals surface area contributed by atoms with Gasteiger partial charge in [-0.05, 0) is 31.0 Å². The molecule has 0 bridgehead atoms. The summed E-state index contributed by atoms with van der Waals surface area (Å²) in [5, 5.41) is 14.5. The topological polar surface area (TPSA) is 104 Å². The predicted octanol–water partition coefficient (Wildman–Crippen LogP) is 2.07. The van der Waals surface area contributed by atoms with E-state index in [-0.39, 0.29) is 28.7 Å². The standard InChI is InChI=1S/C17H18N4O4S2/c22-15-4-3-13(27(24,25)21-5-1-2-6-21)10-14(15)19-16(23)9-12-11-20-7-8-26-17(20)18-12/h3-4,7-8,10-11,22H,1-2,5-6,9H2,(H,19,23). The van der Waals surface area contributed by atoms with E-state index < -0.39 is 10.0 Å². The third-order valence-electron chi connectivity index (χ3n) is 4.43. The number of amides is 1. The number of nitrogens with zero attached hydrogens (tertiary/aromatic N) is 3. The van der Waals surface area contributed by atoms with E-state index in [0.29, 0.717) is 18.8 Å². The van der Waals surface area contributed by atoms with Gasteiger partial charge in [-0.15, -0.1) is 11.3 Å². The maximum atomic E-state index is 12.7. The first-order valence-corrected chi connectivity index (χ1v) is 10.8. The molecule has 1 fully saturated rings. The number of aromatic hydroxyl groups is 1. The summed E-state index contributed by atoms with van der Waals surface area (Å²) < 4.78 is 28.6. The number of sulfonamides is 1. The van der Waals surface area contributed by atoms with E-state index in [1.54, 1.807) is 6.20 Å². The number of carbonyl (C=O) groups excluding carboxylic acids is 1. The fourth-order valence-corrected chi connectivity index (χ4v) is 5.34. The average Bonchev–Trinajstić information content (AvgIpc) is 3.33. The van der Waals surface area contributed by atoms with Gasteiger partial charge in [-0.3, -0.25) is 9.20 Å². The molecule has 1 aliphatic heterocycles. The number of aromatic nitrogens is 2. The molecule has 1 aromatic carbocycles. The van der Waals surface area contributed by atoms with Gasteiger partial charge < -0.3 is 10.4 Å². The Morgan fingerprint density at radius 2 is 2.07 bits per heavy atom. The molecule has 142 valence electrons. The van der Waals surface area contributed by atoms with Crippen LogP contribution in [0.15, 0.2) is 40.9 Å². The molecule has 10 heteroatoms. The zero-order valence-corrected chi connectivity index (χ0v) is 16.0. The number of nitrogens with one attached hydrogen (secondary N) is 1. The van der Waals surface area contributed by atoms with Gasteiger partial charge in [0.05, 0.1) is 22.7 Å². The number of phenols is 1. The minimum atomic E-state index is -3.63. The van der Waals surface area contributed by atoms with Crippen LogP contribution in [0.5, 0.6) is 5.75 Å². The molecule has 1 aliphatic rings. The molecule has 0 saturated carbocycles. The Balaban J connectivity index is 1.52. The molecule has 3 heterocycles. The van der Waals surface area contributed by atoms with Crippen molar-refractivity contribution < 1.29 is 18.3 Å². The normalized spacial score (nSPS) is 15.4. The zero-order chi connectivity index (χ0) is 19.0. The van der Waals surface area contributed by atoms with Crippen molar-refractivity contribution in [2.45, 2.75) is 24.2 Å². The summed E-state index contributed by atoms with van der Waals surface area (Å²) in [4.78, 5) is 17.5. The van der Waals surface area contributed by atoms with E-state index in [0.717, 1.165) is 17.8 Å². The van der Waals surface area contributed by atoms with Crippen LogP contribution in [0.2, 0.25) is 0 Å². The van der Waals surface area contributed by atoms with Gasteiger partial charge in [0.15, 0.2) is 4.96 Å². The maximum Gasteiger partial charge on any atom is 0.243 e. The van der Waals surface area contributed by atoms with Gasteiger partial charge in [-0.2, -0.15) is 4.31 Å². The number of imidazole rings is 1. The quantitative estimate of drug-likeness (QED) is 0.631. The Morgan fingerprint density at radius 1 is 1.30 bits per heavy atom. The summed E-state index contributed by atoms with van der Waals surface area (Å²) in [5.41, 5.74) is 0.668. The fourth-order valence-electron chi connectivity index (χ4n) is 3.07. The van der Waals surface area contributed by atoms with Gasteiger partial charge in [0, 0.05) is 30.9 Å². The van der Waals surface area contributed by atoms with Crippen LogP contribution in [0.1, 0.15) is 18.5 Å². The maximum absolute atomic E-state index is 12.7. The van der Waals surface area contributed by atoms with Gasteiger partial charge in [-0.25, -0.2) is 13.4 Å². The van der Waals surface area contributed by atoms with Crippen molar-refractivity contribution in [2.24, 2.45) is 0 Å². The van der Waals surface area contributed by atoms with Crippen LogP contribution in [0.3, 0.4) is 0 Å². The lowest BCUT2D eigenvalue weighted by atomic mass is 10.2. The van der Waals surface area contributed by atoms with Gasteiger partial charge in [0.2, 0.25) is 15.9 Å². The fraction of sp³-hybridized carbons (Fsp3) is 0.294. The molecule has 0 atom stereocenters. The molecule has 8 nitrogen and oxygen atoms in total. The highest BCUT2D eigenvalue weighted by Gasteiger charge is 2.28. The SMILES string of the molecule is O=C(Cc1cn2ccsc2n1)Nc1cc(S(=O)(=O)N2CCCC2)ccc1O. The highest BCUT2D eigenvalue weighted by Crippen LogP contribution is 2.29. The van der Waals surface area contributed by atoms with Crippen LogP contribution in [-0.4, -0.2) is 46.2 Å². The number of phenolic OH excluding ortho intramolecular Hbond substituents is 1. The molecule has 0 radical (unpaired) electrons. The molecule has 3 aromatic rings. The minimum Gasteiger partial charge on any atom is -0.506 e. The molecule has 1 saturated heterocycles. The smallest absolute Gasteiger partial charge is 0.243 e. The number of thiazole rings is 1. The molecule has 1 amide bonds. The molecule has 4 rings (SSSR count). The summed E-state index contributed by atoms with van der Waals surface area (Å²) in [6, 6.07) is 3.93. The number of carbonyl (C=O) groups is 1. The van der Waals surface area contributed by atoms with Crippen LogP contribution >= 0.6 is 11.3 Å². The van der Waals surface area contributed by atoms with Gasteiger partial charge in [0.1, 0.15) is 5.75 Å². The molecule has 0 unspecified atom stereocenters. The number of fused-ring (bicyclic) bond motifs is 1.